The van der Waals surface area contributed by atoms with Crippen LogP contribution >= 0.6 is 22.6 Å². The minimum atomic E-state index is -0.110. The molecule has 1 aliphatic heterocycles. The highest BCUT2D eigenvalue weighted by molar-refractivity contribution is 14.1. The summed E-state index contributed by atoms with van der Waals surface area (Å²) in [6.07, 6.45) is 2.82. The summed E-state index contributed by atoms with van der Waals surface area (Å²) in [6, 6.07) is 20.3. The van der Waals surface area contributed by atoms with Gasteiger partial charge >= 0.3 is 0 Å². The van der Waals surface area contributed by atoms with E-state index in [1.54, 1.807) is 0 Å². The normalized spacial score (nSPS) is 22.8. The Labute approximate surface area is 180 Å². The molecule has 1 unspecified atom stereocenters. The van der Waals surface area contributed by atoms with Gasteiger partial charge in [-0.15, -0.1) is 0 Å². The molecule has 4 atom stereocenters. The van der Waals surface area contributed by atoms with Crippen LogP contribution in [0, 0.1) is 0 Å². The Morgan fingerprint density at radius 1 is 1.04 bits per heavy atom. The molecule has 150 valence electrons. The Hall–Kier alpha value is -1.28. The van der Waals surface area contributed by atoms with Crippen LogP contribution < -0.4 is 0 Å². The second kappa shape index (κ2) is 11.7. The molecule has 0 amide bonds. The topological polar surface area (TPSA) is 44.8 Å². The molecule has 0 spiro atoms. The first-order valence-electron chi connectivity index (χ1n) is 9.76. The van der Waals surface area contributed by atoms with E-state index < -0.39 is 0 Å². The van der Waals surface area contributed by atoms with E-state index in [-0.39, 0.29) is 24.4 Å². The van der Waals surface area contributed by atoms with Crippen molar-refractivity contribution in [1.29, 1.82) is 0 Å². The fourth-order valence-electron chi connectivity index (χ4n) is 3.46. The van der Waals surface area contributed by atoms with Crippen LogP contribution in [0.5, 0.6) is 0 Å². The lowest BCUT2D eigenvalue weighted by Crippen LogP contribution is -2.30. The molecule has 0 N–H and O–H groups in total. The predicted octanol–water partition coefficient (Wildman–Crippen LogP) is 4.73. The summed E-state index contributed by atoms with van der Waals surface area (Å²) in [5, 5.41) is 0. The van der Waals surface area contributed by atoms with Crippen LogP contribution in [0.4, 0.5) is 0 Å². The zero-order chi connectivity index (χ0) is 19.6. The van der Waals surface area contributed by atoms with Crippen LogP contribution in [0.2, 0.25) is 0 Å². The monoisotopic (exact) mass is 494 g/mol. The Morgan fingerprint density at radius 2 is 1.68 bits per heavy atom. The number of hydrogen-bond acceptors (Lipinski definition) is 4. The van der Waals surface area contributed by atoms with E-state index in [4.69, 9.17) is 14.2 Å². The molecule has 0 bridgehead atoms. The molecule has 1 heterocycles. The number of benzene rings is 2. The fourth-order valence-corrected chi connectivity index (χ4v) is 4.24. The summed E-state index contributed by atoms with van der Waals surface area (Å²) >= 11 is 2.35. The van der Waals surface area contributed by atoms with E-state index >= 15 is 0 Å². The SMILES string of the molecule is O=CCC[C@H](OCc1ccccc1)[C@@H]1C[C@H](OCc2ccccc2)C(CI)O1. The molecule has 5 heteroatoms. The zero-order valence-electron chi connectivity index (χ0n) is 15.9. The Balaban J connectivity index is 1.58. The van der Waals surface area contributed by atoms with E-state index in [1.807, 2.05) is 48.5 Å². The van der Waals surface area contributed by atoms with Gasteiger partial charge < -0.3 is 19.0 Å². The third-order valence-electron chi connectivity index (χ3n) is 4.98. The first-order chi connectivity index (χ1) is 13.8. The van der Waals surface area contributed by atoms with Crippen LogP contribution in [-0.2, 0) is 32.2 Å². The lowest BCUT2D eigenvalue weighted by molar-refractivity contribution is -0.110. The van der Waals surface area contributed by atoms with Gasteiger partial charge in [0.1, 0.15) is 6.29 Å². The molecule has 4 nitrogen and oxygen atoms in total. The van der Waals surface area contributed by atoms with Gasteiger partial charge in [0.25, 0.3) is 0 Å². The van der Waals surface area contributed by atoms with Gasteiger partial charge in [0.05, 0.1) is 37.6 Å². The smallest absolute Gasteiger partial charge is 0.120 e. The zero-order valence-corrected chi connectivity index (χ0v) is 18.1. The number of rotatable bonds is 11. The maximum atomic E-state index is 10.9. The third kappa shape index (κ3) is 6.37. The van der Waals surface area contributed by atoms with Crippen LogP contribution in [-0.4, -0.2) is 35.1 Å². The average Bonchev–Trinajstić information content (AvgIpc) is 3.17. The largest absolute Gasteiger partial charge is 0.371 e. The molecule has 2 aromatic carbocycles. The van der Waals surface area contributed by atoms with Crippen LogP contribution in [0.3, 0.4) is 0 Å². The number of aldehydes is 1. The molecular formula is C23H27IO4. The van der Waals surface area contributed by atoms with Gasteiger partial charge in [-0.25, -0.2) is 0 Å². The highest BCUT2D eigenvalue weighted by Crippen LogP contribution is 2.30. The van der Waals surface area contributed by atoms with Crippen molar-refractivity contribution in [3.05, 3.63) is 71.8 Å². The summed E-state index contributed by atoms with van der Waals surface area (Å²) in [6.45, 7) is 1.10. The van der Waals surface area contributed by atoms with Crippen molar-refractivity contribution in [2.75, 3.05) is 4.43 Å². The standard InChI is InChI=1S/C23H27IO4/c24-15-23-21(27-17-19-10-5-2-6-11-19)14-22(28-23)20(12-7-13-25)26-16-18-8-3-1-4-9-18/h1-6,8-11,13,20-23H,7,12,14-17H2/t20-,21-,22-,23?/m0/s1. The van der Waals surface area contributed by atoms with E-state index in [1.165, 1.54) is 0 Å². The Kier molecular flexibility index (Phi) is 8.92. The minimum absolute atomic E-state index is 0.0427. The number of carbonyl (C=O) groups excluding carboxylic acids is 1. The maximum Gasteiger partial charge on any atom is 0.120 e. The van der Waals surface area contributed by atoms with Gasteiger partial charge in [0.15, 0.2) is 0 Å². The first-order valence-corrected chi connectivity index (χ1v) is 11.3. The van der Waals surface area contributed by atoms with Gasteiger partial charge in [-0.3, -0.25) is 0 Å². The molecule has 1 aliphatic rings. The van der Waals surface area contributed by atoms with Crippen molar-refractivity contribution >= 4 is 28.9 Å². The number of ether oxygens (including phenoxy) is 3. The summed E-state index contributed by atoms with van der Waals surface area (Å²) in [5.41, 5.74) is 2.29. The molecule has 0 radical (unpaired) electrons. The van der Waals surface area contributed by atoms with Crippen LogP contribution in [0.1, 0.15) is 30.4 Å². The van der Waals surface area contributed by atoms with E-state index in [2.05, 4.69) is 34.7 Å². The van der Waals surface area contributed by atoms with Gasteiger partial charge in [-0.2, -0.15) is 0 Å². The second-order valence-electron chi connectivity index (χ2n) is 7.02. The first kappa shape index (κ1) is 21.4. The quantitative estimate of drug-likeness (QED) is 0.258. The van der Waals surface area contributed by atoms with E-state index in [9.17, 15) is 4.79 Å². The molecule has 0 aliphatic carbocycles. The molecule has 1 fully saturated rings. The summed E-state index contributed by atoms with van der Waals surface area (Å²) in [4.78, 5) is 10.9. The lowest BCUT2D eigenvalue weighted by atomic mass is 10.0. The molecule has 1 saturated heterocycles. The second-order valence-corrected chi connectivity index (χ2v) is 7.90. The van der Waals surface area contributed by atoms with Crippen molar-refractivity contribution in [1.82, 2.24) is 0 Å². The van der Waals surface area contributed by atoms with E-state index in [0.717, 1.165) is 28.3 Å². The molecule has 28 heavy (non-hydrogen) atoms. The van der Waals surface area contributed by atoms with Gasteiger partial charge in [-0.1, -0.05) is 83.3 Å². The Morgan fingerprint density at radius 3 is 2.29 bits per heavy atom. The number of alkyl halides is 1. The molecule has 2 aromatic rings. The predicted molar refractivity (Wildman–Crippen MR) is 118 cm³/mol. The fraction of sp³-hybridized carbons (Fsp3) is 0.435. The summed E-state index contributed by atoms with van der Waals surface area (Å²) < 4.78 is 19.5. The van der Waals surface area contributed by atoms with Gasteiger partial charge in [0.2, 0.25) is 0 Å². The molecule has 3 rings (SSSR count). The van der Waals surface area contributed by atoms with Gasteiger partial charge in [-0.05, 0) is 17.5 Å². The number of carbonyl (C=O) groups is 1. The molecule has 0 saturated carbocycles. The van der Waals surface area contributed by atoms with Crippen molar-refractivity contribution in [3.8, 4) is 0 Å². The third-order valence-corrected chi connectivity index (χ3v) is 5.85. The lowest BCUT2D eigenvalue weighted by Gasteiger charge is -2.23. The Bertz CT molecular complexity index is 694. The highest BCUT2D eigenvalue weighted by Gasteiger charge is 2.39. The minimum Gasteiger partial charge on any atom is -0.371 e. The maximum absolute atomic E-state index is 10.9. The van der Waals surface area contributed by atoms with Crippen molar-refractivity contribution in [3.63, 3.8) is 0 Å². The van der Waals surface area contributed by atoms with Crippen molar-refractivity contribution in [2.24, 2.45) is 0 Å². The van der Waals surface area contributed by atoms with Gasteiger partial charge in [0, 0.05) is 17.3 Å². The highest BCUT2D eigenvalue weighted by atomic mass is 127. The van der Waals surface area contributed by atoms with Crippen LogP contribution in [0.15, 0.2) is 60.7 Å². The molecule has 0 aromatic heterocycles. The molecular weight excluding hydrogens is 467 g/mol. The summed E-state index contributed by atoms with van der Waals surface area (Å²) in [7, 11) is 0. The van der Waals surface area contributed by atoms with Crippen molar-refractivity contribution < 1.29 is 19.0 Å². The van der Waals surface area contributed by atoms with E-state index in [0.29, 0.717) is 26.1 Å². The number of halogens is 1. The summed E-state index contributed by atoms with van der Waals surface area (Å²) in [5.74, 6) is 0. The average molecular weight is 494 g/mol. The van der Waals surface area contributed by atoms with Crippen LogP contribution in [0.25, 0.3) is 0 Å². The van der Waals surface area contributed by atoms with Crippen molar-refractivity contribution in [2.45, 2.75) is 56.9 Å². The number of hydrogen-bond donors (Lipinski definition) is 0.